The molecule has 3 nitrogen and oxygen atoms in total. The number of methoxy groups -OCH3 is 1. The normalized spacial score (nSPS) is 12.8. The van der Waals surface area contributed by atoms with E-state index < -0.39 is 0 Å². The van der Waals surface area contributed by atoms with Crippen LogP contribution in [0, 0.1) is 20.8 Å². The average Bonchev–Trinajstić information content (AvgIpc) is 2.23. The molecule has 0 bridgehead atoms. The molecule has 0 aliphatic carbocycles. The number of ether oxygens (including phenoxy) is 2. The summed E-state index contributed by atoms with van der Waals surface area (Å²) >= 11 is 0. The van der Waals surface area contributed by atoms with E-state index in [1.54, 1.807) is 7.11 Å². The van der Waals surface area contributed by atoms with Gasteiger partial charge in [-0.1, -0.05) is 17.7 Å². The van der Waals surface area contributed by atoms with Gasteiger partial charge < -0.3 is 15.2 Å². The SMILES string of the molecule is COCCOCC(N)c1c(C)cc(C)cc1C. The van der Waals surface area contributed by atoms with E-state index in [0.717, 1.165) is 0 Å². The van der Waals surface area contributed by atoms with Crippen LogP contribution in [0.5, 0.6) is 0 Å². The van der Waals surface area contributed by atoms with Gasteiger partial charge >= 0.3 is 0 Å². The highest BCUT2D eigenvalue weighted by Gasteiger charge is 2.12. The summed E-state index contributed by atoms with van der Waals surface area (Å²) in [4.78, 5) is 0. The van der Waals surface area contributed by atoms with Crippen molar-refractivity contribution in [2.24, 2.45) is 5.73 Å². The maximum atomic E-state index is 6.16. The fourth-order valence-electron chi connectivity index (χ4n) is 2.21. The Kier molecular flexibility index (Phi) is 5.62. The second-order valence-corrected chi connectivity index (χ2v) is 4.49. The van der Waals surface area contributed by atoms with Crippen molar-refractivity contribution in [3.63, 3.8) is 0 Å². The van der Waals surface area contributed by atoms with Crippen LogP contribution in [0.15, 0.2) is 12.1 Å². The number of nitrogens with two attached hydrogens (primary N) is 1. The van der Waals surface area contributed by atoms with Gasteiger partial charge in [-0.2, -0.15) is 0 Å². The van der Waals surface area contributed by atoms with Crippen molar-refractivity contribution in [3.05, 3.63) is 34.4 Å². The maximum absolute atomic E-state index is 6.16. The van der Waals surface area contributed by atoms with Crippen molar-refractivity contribution in [2.45, 2.75) is 26.8 Å². The summed E-state index contributed by atoms with van der Waals surface area (Å²) in [5, 5.41) is 0. The summed E-state index contributed by atoms with van der Waals surface area (Å²) in [6, 6.07) is 4.27. The van der Waals surface area contributed by atoms with Crippen LogP contribution in [0.3, 0.4) is 0 Å². The van der Waals surface area contributed by atoms with E-state index >= 15 is 0 Å². The molecule has 96 valence electrons. The summed E-state index contributed by atoms with van der Waals surface area (Å²) < 4.78 is 10.4. The molecule has 0 spiro atoms. The van der Waals surface area contributed by atoms with Crippen LogP contribution in [-0.4, -0.2) is 26.9 Å². The first-order valence-electron chi connectivity index (χ1n) is 5.96. The average molecular weight is 237 g/mol. The molecule has 0 amide bonds. The first-order valence-corrected chi connectivity index (χ1v) is 5.96. The Bertz CT molecular complexity index is 340. The lowest BCUT2D eigenvalue weighted by molar-refractivity contribution is 0.0634. The second-order valence-electron chi connectivity index (χ2n) is 4.49. The van der Waals surface area contributed by atoms with Crippen molar-refractivity contribution in [1.82, 2.24) is 0 Å². The van der Waals surface area contributed by atoms with Crippen molar-refractivity contribution in [1.29, 1.82) is 0 Å². The molecular formula is C14H23NO2. The molecule has 0 radical (unpaired) electrons. The Labute approximate surface area is 104 Å². The van der Waals surface area contributed by atoms with Gasteiger partial charge in [0.25, 0.3) is 0 Å². The molecule has 2 N–H and O–H groups in total. The van der Waals surface area contributed by atoms with Gasteiger partial charge in [0.2, 0.25) is 0 Å². The molecule has 1 aromatic carbocycles. The maximum Gasteiger partial charge on any atom is 0.0701 e. The summed E-state index contributed by atoms with van der Waals surface area (Å²) in [6.07, 6.45) is 0. The molecule has 3 heteroatoms. The smallest absolute Gasteiger partial charge is 0.0701 e. The highest BCUT2D eigenvalue weighted by atomic mass is 16.5. The molecule has 0 aromatic heterocycles. The van der Waals surface area contributed by atoms with Crippen molar-refractivity contribution >= 4 is 0 Å². The van der Waals surface area contributed by atoms with Crippen LogP contribution >= 0.6 is 0 Å². The van der Waals surface area contributed by atoms with Gasteiger partial charge in [-0.25, -0.2) is 0 Å². The molecule has 0 aliphatic heterocycles. The second kappa shape index (κ2) is 6.74. The van der Waals surface area contributed by atoms with Gasteiger partial charge in [0.1, 0.15) is 0 Å². The minimum absolute atomic E-state index is 0.0625. The zero-order valence-electron chi connectivity index (χ0n) is 11.2. The molecule has 0 saturated heterocycles. The fraction of sp³-hybridized carbons (Fsp3) is 0.571. The molecule has 1 atom stereocenters. The Morgan fingerprint density at radius 1 is 1.12 bits per heavy atom. The Morgan fingerprint density at radius 2 is 1.71 bits per heavy atom. The van der Waals surface area contributed by atoms with Gasteiger partial charge in [-0.3, -0.25) is 0 Å². The van der Waals surface area contributed by atoms with Crippen LogP contribution < -0.4 is 5.73 Å². The zero-order valence-corrected chi connectivity index (χ0v) is 11.2. The minimum atomic E-state index is -0.0625. The molecule has 1 rings (SSSR count). The van der Waals surface area contributed by atoms with Crippen LogP contribution in [-0.2, 0) is 9.47 Å². The van der Waals surface area contributed by atoms with Crippen molar-refractivity contribution in [3.8, 4) is 0 Å². The van der Waals surface area contributed by atoms with E-state index in [9.17, 15) is 0 Å². The van der Waals surface area contributed by atoms with Gasteiger partial charge in [-0.15, -0.1) is 0 Å². The summed E-state index contributed by atoms with van der Waals surface area (Å²) in [5.41, 5.74) is 11.1. The molecule has 0 fully saturated rings. The van der Waals surface area contributed by atoms with E-state index in [4.69, 9.17) is 15.2 Å². The molecule has 0 aliphatic rings. The summed E-state index contributed by atoms with van der Waals surface area (Å²) in [5.74, 6) is 0. The third-order valence-electron chi connectivity index (χ3n) is 2.84. The lowest BCUT2D eigenvalue weighted by Crippen LogP contribution is -2.20. The first kappa shape index (κ1) is 14.2. The van der Waals surface area contributed by atoms with Crippen LogP contribution in [0.2, 0.25) is 0 Å². The fourth-order valence-corrected chi connectivity index (χ4v) is 2.21. The monoisotopic (exact) mass is 237 g/mol. The highest BCUT2D eigenvalue weighted by molar-refractivity contribution is 5.39. The van der Waals surface area contributed by atoms with Gasteiger partial charge in [-0.05, 0) is 37.5 Å². The first-order chi connectivity index (χ1) is 8.06. The lowest BCUT2D eigenvalue weighted by Gasteiger charge is -2.18. The van der Waals surface area contributed by atoms with E-state index in [2.05, 4.69) is 32.9 Å². The quantitative estimate of drug-likeness (QED) is 0.772. The largest absolute Gasteiger partial charge is 0.382 e. The zero-order chi connectivity index (χ0) is 12.8. The predicted octanol–water partition coefficient (Wildman–Crippen LogP) is 2.27. The number of hydrogen-bond acceptors (Lipinski definition) is 3. The number of hydrogen-bond donors (Lipinski definition) is 1. The van der Waals surface area contributed by atoms with Crippen LogP contribution in [0.4, 0.5) is 0 Å². The molecular weight excluding hydrogens is 214 g/mol. The van der Waals surface area contributed by atoms with E-state index in [1.165, 1.54) is 22.3 Å². The van der Waals surface area contributed by atoms with E-state index in [-0.39, 0.29) is 6.04 Å². The Morgan fingerprint density at radius 3 is 2.24 bits per heavy atom. The summed E-state index contributed by atoms with van der Waals surface area (Å²) in [6.45, 7) is 8.04. The molecule has 1 aromatic rings. The van der Waals surface area contributed by atoms with E-state index in [0.29, 0.717) is 19.8 Å². The van der Waals surface area contributed by atoms with Crippen LogP contribution in [0.1, 0.15) is 28.3 Å². The topological polar surface area (TPSA) is 44.5 Å². The number of rotatable bonds is 6. The number of benzene rings is 1. The van der Waals surface area contributed by atoms with Gasteiger partial charge in [0.15, 0.2) is 0 Å². The standard InChI is InChI=1S/C14H23NO2/c1-10-7-11(2)14(12(3)8-10)13(15)9-17-6-5-16-4/h7-8,13H,5-6,9,15H2,1-4H3. The Hall–Kier alpha value is -0.900. The van der Waals surface area contributed by atoms with Crippen molar-refractivity contribution < 1.29 is 9.47 Å². The van der Waals surface area contributed by atoms with Crippen LogP contribution in [0.25, 0.3) is 0 Å². The lowest BCUT2D eigenvalue weighted by atomic mass is 9.95. The van der Waals surface area contributed by atoms with E-state index in [1.807, 2.05) is 0 Å². The number of aryl methyl sites for hydroxylation is 3. The third-order valence-corrected chi connectivity index (χ3v) is 2.84. The van der Waals surface area contributed by atoms with Gasteiger partial charge in [0, 0.05) is 7.11 Å². The molecule has 1 unspecified atom stereocenters. The van der Waals surface area contributed by atoms with Gasteiger partial charge in [0.05, 0.1) is 25.9 Å². The van der Waals surface area contributed by atoms with Crippen molar-refractivity contribution in [2.75, 3.05) is 26.9 Å². The highest BCUT2D eigenvalue weighted by Crippen LogP contribution is 2.22. The minimum Gasteiger partial charge on any atom is -0.382 e. The predicted molar refractivity (Wildman–Crippen MR) is 70.3 cm³/mol. The molecule has 0 heterocycles. The molecule has 0 saturated carbocycles. The summed E-state index contributed by atoms with van der Waals surface area (Å²) in [7, 11) is 1.66. The molecule has 17 heavy (non-hydrogen) atoms. The Balaban J connectivity index is 2.65. The third kappa shape index (κ3) is 4.11.